The second-order valence-electron chi connectivity index (χ2n) is 15.4. The smallest absolute Gasteiger partial charge is 0.220 e. The van der Waals surface area contributed by atoms with Gasteiger partial charge in [-0.2, -0.15) is 0 Å². The van der Waals surface area contributed by atoms with E-state index in [9.17, 15) is 15.0 Å². The summed E-state index contributed by atoms with van der Waals surface area (Å²) in [6.07, 6.45) is 61.6. The topological polar surface area (TPSA) is 69.6 Å². The van der Waals surface area contributed by atoms with E-state index in [2.05, 4.69) is 79.9 Å². The minimum absolute atomic E-state index is 0.0367. The Labute approximate surface area is 330 Å². The zero-order valence-electron chi connectivity index (χ0n) is 35.3. The van der Waals surface area contributed by atoms with Crippen molar-refractivity contribution in [1.82, 2.24) is 5.32 Å². The average molecular weight is 740 g/mol. The van der Waals surface area contributed by atoms with Crippen molar-refractivity contribution in [2.24, 2.45) is 0 Å². The Morgan fingerprint density at radius 1 is 0.472 bits per heavy atom. The Bertz CT molecular complexity index is 888. The highest BCUT2D eigenvalue weighted by Crippen LogP contribution is 2.16. The van der Waals surface area contributed by atoms with Crippen LogP contribution in [-0.4, -0.2) is 34.9 Å². The van der Waals surface area contributed by atoms with E-state index < -0.39 is 12.1 Å². The van der Waals surface area contributed by atoms with Crippen LogP contribution in [0.25, 0.3) is 0 Å². The van der Waals surface area contributed by atoms with Crippen molar-refractivity contribution in [3.8, 4) is 0 Å². The Hall–Kier alpha value is -1.91. The number of amides is 1. The van der Waals surface area contributed by atoms with Gasteiger partial charge in [0.25, 0.3) is 0 Å². The van der Waals surface area contributed by atoms with Crippen LogP contribution in [0.4, 0.5) is 0 Å². The second kappa shape index (κ2) is 44.5. The summed E-state index contributed by atoms with van der Waals surface area (Å²) in [7, 11) is 0. The molecule has 0 spiro atoms. The van der Waals surface area contributed by atoms with E-state index in [-0.39, 0.29) is 12.5 Å². The fraction of sp³-hybridized carbons (Fsp3) is 0.776. The summed E-state index contributed by atoms with van der Waals surface area (Å²) in [5, 5.41) is 23.2. The van der Waals surface area contributed by atoms with Gasteiger partial charge in [0.15, 0.2) is 0 Å². The third-order valence-corrected chi connectivity index (χ3v) is 10.3. The highest BCUT2D eigenvalue weighted by molar-refractivity contribution is 5.76. The van der Waals surface area contributed by atoms with E-state index >= 15 is 0 Å². The first kappa shape index (κ1) is 51.1. The van der Waals surface area contributed by atoms with Crippen molar-refractivity contribution in [1.29, 1.82) is 0 Å². The summed E-state index contributed by atoms with van der Waals surface area (Å²) in [5.41, 5.74) is 0. The van der Waals surface area contributed by atoms with Crippen LogP contribution in [0.1, 0.15) is 226 Å². The Morgan fingerprint density at radius 2 is 0.830 bits per heavy atom. The molecule has 0 aliphatic rings. The molecule has 308 valence electrons. The number of carbonyl (C=O) groups excluding carboxylic acids is 1. The molecule has 0 aliphatic heterocycles. The van der Waals surface area contributed by atoms with Crippen LogP contribution < -0.4 is 5.32 Å². The van der Waals surface area contributed by atoms with E-state index in [1.165, 1.54) is 141 Å². The van der Waals surface area contributed by atoms with Crippen LogP contribution in [0.3, 0.4) is 0 Å². The quantitative estimate of drug-likeness (QED) is 0.0432. The predicted octanol–water partition coefficient (Wildman–Crippen LogP) is 14.5. The molecule has 0 radical (unpaired) electrons. The zero-order valence-corrected chi connectivity index (χ0v) is 35.3. The molecule has 0 fully saturated rings. The van der Waals surface area contributed by atoms with Gasteiger partial charge in [-0.1, -0.05) is 222 Å². The summed E-state index contributed by atoms with van der Waals surface area (Å²) >= 11 is 0. The van der Waals surface area contributed by atoms with Crippen molar-refractivity contribution in [3.05, 3.63) is 60.8 Å². The second-order valence-corrected chi connectivity index (χ2v) is 15.4. The highest BCUT2D eigenvalue weighted by atomic mass is 16.3. The minimum atomic E-state index is -0.662. The van der Waals surface area contributed by atoms with Gasteiger partial charge in [-0.25, -0.2) is 0 Å². The third kappa shape index (κ3) is 41.1. The normalized spacial score (nSPS) is 13.5. The number of carbonyl (C=O) groups is 1. The summed E-state index contributed by atoms with van der Waals surface area (Å²) in [6.45, 7) is 4.24. The Balaban J connectivity index is 3.53. The number of unbranched alkanes of at least 4 members (excludes halogenated alkanes) is 24. The van der Waals surface area contributed by atoms with Crippen LogP contribution in [0.2, 0.25) is 0 Å². The first-order valence-electron chi connectivity index (χ1n) is 23.0. The van der Waals surface area contributed by atoms with Crippen molar-refractivity contribution >= 4 is 5.91 Å². The van der Waals surface area contributed by atoms with Gasteiger partial charge in [-0.05, 0) is 57.8 Å². The van der Waals surface area contributed by atoms with Crippen molar-refractivity contribution in [2.75, 3.05) is 6.61 Å². The Kier molecular flexibility index (Phi) is 42.9. The minimum Gasteiger partial charge on any atom is -0.394 e. The van der Waals surface area contributed by atoms with Crippen molar-refractivity contribution in [2.45, 2.75) is 238 Å². The van der Waals surface area contributed by atoms with Crippen molar-refractivity contribution in [3.63, 3.8) is 0 Å². The molecule has 53 heavy (non-hydrogen) atoms. The highest BCUT2D eigenvalue weighted by Gasteiger charge is 2.20. The lowest BCUT2D eigenvalue weighted by Crippen LogP contribution is -2.45. The van der Waals surface area contributed by atoms with E-state index in [0.29, 0.717) is 12.8 Å². The number of hydrogen-bond donors (Lipinski definition) is 3. The zero-order chi connectivity index (χ0) is 38.6. The first-order valence-corrected chi connectivity index (χ1v) is 23.0. The average Bonchev–Trinajstić information content (AvgIpc) is 3.16. The molecule has 0 saturated carbocycles. The molecule has 0 rings (SSSR count). The number of hydrogen-bond acceptors (Lipinski definition) is 3. The van der Waals surface area contributed by atoms with Gasteiger partial charge in [-0.15, -0.1) is 0 Å². The van der Waals surface area contributed by atoms with Crippen LogP contribution >= 0.6 is 0 Å². The number of allylic oxidation sites excluding steroid dienone is 10. The molecule has 0 bridgehead atoms. The molecule has 0 aromatic rings. The van der Waals surface area contributed by atoms with Crippen LogP contribution in [0, 0.1) is 0 Å². The van der Waals surface area contributed by atoms with E-state index in [4.69, 9.17) is 0 Å². The molecular weight excluding hydrogens is 651 g/mol. The summed E-state index contributed by atoms with van der Waals surface area (Å²) in [5.74, 6) is -0.0367. The van der Waals surface area contributed by atoms with Gasteiger partial charge in [0.05, 0.1) is 18.8 Å². The maximum Gasteiger partial charge on any atom is 0.220 e. The molecule has 0 saturated heterocycles. The molecule has 0 heterocycles. The molecule has 3 N–H and O–H groups in total. The van der Waals surface area contributed by atoms with E-state index in [1.54, 1.807) is 0 Å². The number of nitrogens with one attached hydrogen (secondary N) is 1. The lowest BCUT2D eigenvalue weighted by molar-refractivity contribution is -0.123. The number of rotatable bonds is 41. The van der Waals surface area contributed by atoms with Gasteiger partial charge in [0.1, 0.15) is 0 Å². The van der Waals surface area contributed by atoms with Crippen LogP contribution in [0.5, 0.6) is 0 Å². The summed E-state index contributed by atoms with van der Waals surface area (Å²) in [6, 6.07) is -0.539. The SMILES string of the molecule is CC/C=C\C/C=C\C/C=C\C/C=C\C/C=C\CCCCCCCCCCCCCC(=O)NC(CO)C(O)CCCCCCCCCCCCCCCC. The molecular formula is C49H89NO3. The standard InChI is InChI=1S/C49H89NO3/c1-3-5-7-9-11-13-15-17-19-20-21-22-23-24-25-26-27-28-29-30-31-33-35-37-39-41-43-45-49(53)50-47(46-51)48(52)44-42-40-38-36-34-32-18-16-14-12-10-8-6-4-2/h5,7,11,13,17,19,21-22,24-25,47-48,51-52H,3-4,6,8-10,12,14-16,18,20,23,26-46H2,1-2H3,(H,50,53)/b7-5-,13-11-,19-17-,22-21-,25-24-. The fourth-order valence-corrected chi connectivity index (χ4v) is 6.80. The predicted molar refractivity (Wildman–Crippen MR) is 234 cm³/mol. The molecule has 2 atom stereocenters. The maximum absolute atomic E-state index is 12.4. The molecule has 0 aliphatic carbocycles. The lowest BCUT2D eigenvalue weighted by atomic mass is 10.0. The maximum atomic E-state index is 12.4. The first-order chi connectivity index (χ1) is 26.2. The van der Waals surface area contributed by atoms with Crippen LogP contribution in [0.15, 0.2) is 60.8 Å². The molecule has 0 aromatic heterocycles. The van der Waals surface area contributed by atoms with Gasteiger partial charge in [-0.3, -0.25) is 4.79 Å². The van der Waals surface area contributed by atoms with Crippen LogP contribution in [-0.2, 0) is 4.79 Å². The van der Waals surface area contributed by atoms with Gasteiger partial charge < -0.3 is 15.5 Å². The van der Waals surface area contributed by atoms with Gasteiger partial charge in [0.2, 0.25) is 5.91 Å². The fourth-order valence-electron chi connectivity index (χ4n) is 6.80. The molecule has 4 heteroatoms. The summed E-state index contributed by atoms with van der Waals surface area (Å²) < 4.78 is 0. The van der Waals surface area contributed by atoms with Gasteiger partial charge in [0, 0.05) is 6.42 Å². The molecule has 2 unspecified atom stereocenters. The molecule has 1 amide bonds. The summed E-state index contributed by atoms with van der Waals surface area (Å²) in [4.78, 5) is 12.4. The lowest BCUT2D eigenvalue weighted by Gasteiger charge is -2.22. The van der Waals surface area contributed by atoms with Gasteiger partial charge >= 0.3 is 0 Å². The largest absolute Gasteiger partial charge is 0.394 e. The van der Waals surface area contributed by atoms with E-state index in [0.717, 1.165) is 57.8 Å². The third-order valence-electron chi connectivity index (χ3n) is 10.3. The number of aliphatic hydroxyl groups excluding tert-OH is 2. The monoisotopic (exact) mass is 740 g/mol. The Morgan fingerprint density at radius 3 is 1.25 bits per heavy atom. The van der Waals surface area contributed by atoms with E-state index in [1.807, 2.05) is 0 Å². The van der Waals surface area contributed by atoms with Crippen molar-refractivity contribution < 1.29 is 15.0 Å². The molecule has 0 aromatic carbocycles. The number of aliphatic hydroxyl groups is 2. The molecule has 4 nitrogen and oxygen atoms in total.